The van der Waals surface area contributed by atoms with Crippen molar-refractivity contribution in [1.82, 2.24) is 19.7 Å². The summed E-state index contributed by atoms with van der Waals surface area (Å²) in [5.41, 5.74) is 13.3. The Morgan fingerprint density at radius 3 is 2.75 bits per heavy atom. The number of pyridine rings is 1. The van der Waals surface area contributed by atoms with Crippen LogP contribution in [0.2, 0.25) is 0 Å². The van der Waals surface area contributed by atoms with E-state index in [0.717, 1.165) is 27.2 Å². The number of hydrogen-bond donors (Lipinski definition) is 2. The quantitative estimate of drug-likeness (QED) is 0.389. The third-order valence-corrected chi connectivity index (χ3v) is 5.81. The van der Waals surface area contributed by atoms with Crippen LogP contribution < -0.4 is 11.1 Å². The molecule has 158 valence electrons. The number of nitrogens with two attached hydrogens (primary N) is 1. The van der Waals surface area contributed by atoms with Crippen LogP contribution in [0.1, 0.15) is 11.4 Å². The molecule has 0 unspecified atom stereocenters. The van der Waals surface area contributed by atoms with Gasteiger partial charge in [0.2, 0.25) is 5.91 Å². The van der Waals surface area contributed by atoms with E-state index in [2.05, 4.69) is 21.4 Å². The molecule has 0 fully saturated rings. The molecule has 5 rings (SSSR count). The first-order chi connectivity index (χ1) is 15.5. The fourth-order valence-corrected chi connectivity index (χ4v) is 4.21. The number of aromatic nitrogens is 4. The molecule has 2 aromatic carbocycles. The monoisotopic (exact) mass is 440 g/mol. The topological polar surface area (TPSA) is 98.7 Å². The molecule has 3 heterocycles. The Hall–Kier alpha value is -4.04. The molecule has 0 aliphatic heterocycles. The molecule has 0 spiro atoms. The summed E-state index contributed by atoms with van der Waals surface area (Å²) in [5, 5.41) is 7.61. The summed E-state index contributed by atoms with van der Waals surface area (Å²) in [6, 6.07) is 20.9. The Morgan fingerprint density at radius 2 is 1.94 bits per heavy atom. The number of amides is 1. The summed E-state index contributed by atoms with van der Waals surface area (Å²) in [5.74, 6) is 0.552. The highest BCUT2D eigenvalue weighted by molar-refractivity contribution is 7.16. The van der Waals surface area contributed by atoms with Gasteiger partial charge in [-0.05, 0) is 61.5 Å². The van der Waals surface area contributed by atoms with Gasteiger partial charge in [-0.3, -0.25) is 4.79 Å². The fourth-order valence-electron chi connectivity index (χ4n) is 3.49. The van der Waals surface area contributed by atoms with Gasteiger partial charge in [-0.2, -0.15) is 5.10 Å². The van der Waals surface area contributed by atoms with Crippen molar-refractivity contribution in [3.63, 3.8) is 0 Å². The number of anilines is 2. The van der Waals surface area contributed by atoms with Gasteiger partial charge in [-0.1, -0.05) is 12.1 Å². The van der Waals surface area contributed by atoms with E-state index in [1.807, 2.05) is 48.8 Å². The summed E-state index contributed by atoms with van der Waals surface area (Å²) in [4.78, 5) is 21.6. The zero-order valence-corrected chi connectivity index (χ0v) is 18.1. The summed E-state index contributed by atoms with van der Waals surface area (Å²) in [6.07, 6.45) is 0.138. The van der Waals surface area contributed by atoms with Crippen LogP contribution in [0.4, 0.5) is 11.4 Å². The van der Waals surface area contributed by atoms with Gasteiger partial charge in [0, 0.05) is 22.6 Å². The van der Waals surface area contributed by atoms with Gasteiger partial charge < -0.3 is 11.1 Å². The SMILES string of the molecule is Cc1cccc(-n2nc(CC(=O)Nc3ccc(N)cc3)cc2-c2ccc3ncsc3c2)n1. The van der Waals surface area contributed by atoms with Gasteiger partial charge in [0.05, 0.1) is 33.5 Å². The molecule has 8 heteroatoms. The summed E-state index contributed by atoms with van der Waals surface area (Å²) < 4.78 is 2.89. The first-order valence-electron chi connectivity index (χ1n) is 10.1. The average molecular weight is 441 g/mol. The van der Waals surface area contributed by atoms with Gasteiger partial charge >= 0.3 is 0 Å². The second-order valence-electron chi connectivity index (χ2n) is 7.45. The third kappa shape index (κ3) is 4.08. The van der Waals surface area contributed by atoms with Gasteiger partial charge in [0.1, 0.15) is 0 Å². The molecule has 5 aromatic rings. The lowest BCUT2D eigenvalue weighted by atomic mass is 10.1. The van der Waals surface area contributed by atoms with Crippen LogP contribution >= 0.6 is 11.3 Å². The van der Waals surface area contributed by atoms with Crippen molar-refractivity contribution in [2.24, 2.45) is 0 Å². The number of carbonyl (C=O) groups excluding carboxylic acids is 1. The lowest BCUT2D eigenvalue weighted by molar-refractivity contribution is -0.115. The van der Waals surface area contributed by atoms with Crippen molar-refractivity contribution < 1.29 is 4.79 Å². The first kappa shape index (κ1) is 19.9. The van der Waals surface area contributed by atoms with Gasteiger partial charge in [-0.15, -0.1) is 11.3 Å². The molecule has 0 radical (unpaired) electrons. The standard InChI is InChI=1S/C24H20N6OS/c1-15-3-2-4-23(27-15)30-21(16-5-10-20-22(11-16)32-14-26-20)12-19(29-30)13-24(31)28-18-8-6-17(25)7-9-18/h2-12,14H,13,25H2,1H3,(H,28,31). The number of aryl methyl sites for hydroxylation is 1. The van der Waals surface area contributed by atoms with Crippen molar-refractivity contribution in [2.75, 3.05) is 11.1 Å². The molecule has 1 amide bonds. The molecular formula is C24H20N6OS. The summed E-state index contributed by atoms with van der Waals surface area (Å²) in [7, 11) is 0. The number of nitrogens with one attached hydrogen (secondary N) is 1. The third-order valence-electron chi connectivity index (χ3n) is 5.01. The van der Waals surface area contributed by atoms with E-state index < -0.39 is 0 Å². The van der Waals surface area contributed by atoms with Crippen molar-refractivity contribution in [3.05, 3.63) is 83.6 Å². The first-order valence-corrected chi connectivity index (χ1v) is 10.9. The Morgan fingerprint density at radius 1 is 1.09 bits per heavy atom. The summed E-state index contributed by atoms with van der Waals surface area (Å²) >= 11 is 1.59. The van der Waals surface area contributed by atoms with Gasteiger partial charge in [0.15, 0.2) is 5.82 Å². The molecule has 0 aliphatic carbocycles. The molecule has 0 aliphatic rings. The van der Waals surface area contributed by atoms with Crippen LogP contribution in [0, 0.1) is 6.92 Å². The van der Waals surface area contributed by atoms with Gasteiger partial charge in [0.25, 0.3) is 0 Å². The largest absolute Gasteiger partial charge is 0.399 e. The number of carbonyl (C=O) groups is 1. The van der Waals surface area contributed by atoms with E-state index in [9.17, 15) is 4.79 Å². The molecule has 32 heavy (non-hydrogen) atoms. The Bertz CT molecular complexity index is 1420. The van der Waals surface area contributed by atoms with Crippen molar-refractivity contribution in [3.8, 4) is 17.1 Å². The smallest absolute Gasteiger partial charge is 0.230 e. The Balaban J connectivity index is 1.50. The molecule has 0 saturated heterocycles. The van der Waals surface area contributed by atoms with Crippen LogP contribution in [0.5, 0.6) is 0 Å². The van der Waals surface area contributed by atoms with Gasteiger partial charge in [-0.25, -0.2) is 14.6 Å². The molecule has 3 N–H and O–H groups in total. The van der Waals surface area contributed by atoms with Crippen molar-refractivity contribution >= 4 is 38.8 Å². The maximum absolute atomic E-state index is 12.6. The minimum atomic E-state index is -0.152. The number of nitrogen functional groups attached to an aromatic ring is 1. The molecule has 0 saturated carbocycles. The second-order valence-corrected chi connectivity index (χ2v) is 8.34. The molecule has 0 bridgehead atoms. The van der Waals surface area contributed by atoms with Crippen LogP contribution in [0.25, 0.3) is 27.3 Å². The number of rotatable bonds is 5. The predicted octanol–water partition coefficient (Wildman–Crippen LogP) is 4.62. The lowest BCUT2D eigenvalue weighted by Gasteiger charge is -2.07. The number of thiazole rings is 1. The van der Waals surface area contributed by atoms with Crippen LogP contribution in [0.3, 0.4) is 0 Å². The van der Waals surface area contributed by atoms with E-state index >= 15 is 0 Å². The van der Waals surface area contributed by atoms with Crippen LogP contribution in [-0.2, 0) is 11.2 Å². The van der Waals surface area contributed by atoms with E-state index in [1.165, 1.54) is 0 Å². The maximum Gasteiger partial charge on any atom is 0.230 e. The molecular weight excluding hydrogens is 420 g/mol. The molecule has 7 nitrogen and oxygen atoms in total. The zero-order valence-electron chi connectivity index (χ0n) is 17.3. The second kappa shape index (κ2) is 8.24. The van der Waals surface area contributed by atoms with E-state index in [4.69, 9.17) is 10.8 Å². The van der Waals surface area contributed by atoms with Crippen molar-refractivity contribution in [1.29, 1.82) is 0 Å². The average Bonchev–Trinajstić information content (AvgIpc) is 3.41. The minimum absolute atomic E-state index is 0.138. The molecule has 3 aromatic heterocycles. The van der Waals surface area contributed by atoms with E-state index in [1.54, 1.807) is 40.3 Å². The summed E-state index contributed by atoms with van der Waals surface area (Å²) in [6.45, 7) is 1.94. The lowest BCUT2D eigenvalue weighted by Crippen LogP contribution is -2.15. The number of benzene rings is 2. The predicted molar refractivity (Wildman–Crippen MR) is 128 cm³/mol. The Kier molecular flexibility index (Phi) is 5.12. The minimum Gasteiger partial charge on any atom is -0.399 e. The highest BCUT2D eigenvalue weighted by atomic mass is 32.1. The fraction of sp³-hybridized carbons (Fsp3) is 0.0833. The highest BCUT2D eigenvalue weighted by Crippen LogP contribution is 2.28. The normalized spacial score (nSPS) is 11.0. The number of fused-ring (bicyclic) bond motifs is 1. The van der Waals surface area contributed by atoms with Crippen LogP contribution in [-0.4, -0.2) is 25.7 Å². The molecule has 0 atom stereocenters. The maximum atomic E-state index is 12.6. The highest BCUT2D eigenvalue weighted by Gasteiger charge is 2.16. The Labute approximate surface area is 188 Å². The van der Waals surface area contributed by atoms with Crippen molar-refractivity contribution in [2.45, 2.75) is 13.3 Å². The van der Waals surface area contributed by atoms with Crippen LogP contribution in [0.15, 0.2) is 72.2 Å². The number of nitrogens with zero attached hydrogens (tertiary/aromatic N) is 4. The van der Waals surface area contributed by atoms with E-state index in [-0.39, 0.29) is 12.3 Å². The number of hydrogen-bond acceptors (Lipinski definition) is 6. The van der Waals surface area contributed by atoms with E-state index in [0.29, 0.717) is 22.9 Å². The zero-order chi connectivity index (χ0) is 22.1.